The van der Waals surface area contributed by atoms with Gasteiger partial charge >= 0.3 is 6.01 Å². The van der Waals surface area contributed by atoms with E-state index in [-0.39, 0.29) is 28.5 Å². The maximum absolute atomic E-state index is 17.2. The van der Waals surface area contributed by atoms with E-state index in [1.807, 2.05) is 19.9 Å². The largest absolute Gasteiger partial charge is 0.508 e. The van der Waals surface area contributed by atoms with Crippen LogP contribution in [0.4, 0.5) is 14.6 Å². The van der Waals surface area contributed by atoms with Crippen molar-refractivity contribution in [1.29, 1.82) is 0 Å². The Morgan fingerprint density at radius 1 is 1.06 bits per heavy atom. The maximum atomic E-state index is 17.2. The number of rotatable bonds is 8. The Hall–Kier alpha value is -3.60. The Kier molecular flexibility index (Phi) is 7.93. The third-order valence-corrected chi connectivity index (χ3v) is 10.7. The van der Waals surface area contributed by atoms with Gasteiger partial charge in [-0.2, -0.15) is 9.97 Å². The number of anilines is 1. The summed E-state index contributed by atoms with van der Waals surface area (Å²) in [5.41, 5.74) is 2.13. The zero-order valence-corrected chi connectivity index (χ0v) is 27.2. The van der Waals surface area contributed by atoms with Gasteiger partial charge in [0.25, 0.3) is 0 Å². The summed E-state index contributed by atoms with van der Waals surface area (Å²) in [6.07, 6.45) is 5.82. The van der Waals surface area contributed by atoms with Gasteiger partial charge in [-0.1, -0.05) is 13.0 Å². The maximum Gasteiger partial charge on any atom is 0.319 e. The van der Waals surface area contributed by atoms with Gasteiger partial charge in [-0.3, -0.25) is 0 Å². The van der Waals surface area contributed by atoms with E-state index in [0.29, 0.717) is 69.3 Å². The van der Waals surface area contributed by atoms with Crippen LogP contribution in [0.2, 0.25) is 0 Å². The van der Waals surface area contributed by atoms with Crippen molar-refractivity contribution in [3.05, 3.63) is 53.1 Å². The highest BCUT2D eigenvalue weighted by Crippen LogP contribution is 2.47. The van der Waals surface area contributed by atoms with Gasteiger partial charge in [-0.15, -0.1) is 0 Å². The van der Waals surface area contributed by atoms with Crippen LogP contribution in [0.15, 0.2) is 30.3 Å². The number of aryl methyl sites for hydroxylation is 2. The zero-order valence-electron chi connectivity index (χ0n) is 27.2. The molecule has 2 atom stereocenters. The first-order valence-electron chi connectivity index (χ1n) is 17.2. The number of fused-ring (bicyclic) bond motifs is 4. The van der Waals surface area contributed by atoms with Crippen LogP contribution in [0.1, 0.15) is 50.2 Å². The molecule has 1 aliphatic carbocycles. The second-order valence-electron chi connectivity index (χ2n) is 14.2. The van der Waals surface area contributed by atoms with Crippen LogP contribution in [-0.2, 0) is 11.2 Å². The minimum absolute atomic E-state index is 0.00514. The number of phenolic OH excluding ortho intramolecular Hbond substituents is 1. The number of ether oxygens (including phenoxy) is 2. The molecule has 10 heteroatoms. The van der Waals surface area contributed by atoms with Gasteiger partial charge in [0.1, 0.15) is 22.9 Å². The fourth-order valence-electron chi connectivity index (χ4n) is 8.14. The highest BCUT2D eigenvalue weighted by molar-refractivity contribution is 6.04. The van der Waals surface area contributed by atoms with Gasteiger partial charge < -0.3 is 29.7 Å². The van der Waals surface area contributed by atoms with Gasteiger partial charge in [0.2, 0.25) is 0 Å². The fourth-order valence-corrected chi connectivity index (χ4v) is 8.14. The Labute approximate surface area is 274 Å². The molecule has 4 heterocycles. The summed E-state index contributed by atoms with van der Waals surface area (Å²) in [6.45, 7) is 10.2. The number of hydrogen-bond donors (Lipinski definition) is 2. The lowest BCUT2D eigenvalue weighted by molar-refractivity contribution is 0.127. The quantitative estimate of drug-likeness (QED) is 0.238. The molecule has 3 aromatic carbocycles. The average Bonchev–Trinajstić information content (AvgIpc) is 3.81. The van der Waals surface area contributed by atoms with E-state index >= 15 is 8.78 Å². The van der Waals surface area contributed by atoms with Gasteiger partial charge in [0, 0.05) is 67.8 Å². The summed E-state index contributed by atoms with van der Waals surface area (Å²) >= 11 is 0. The van der Waals surface area contributed by atoms with E-state index in [4.69, 9.17) is 19.4 Å². The molecule has 0 spiro atoms. The van der Waals surface area contributed by atoms with Crippen molar-refractivity contribution < 1.29 is 23.4 Å². The van der Waals surface area contributed by atoms with Crippen LogP contribution < -0.4 is 15.0 Å². The molecule has 2 bridgehead atoms. The highest BCUT2D eigenvalue weighted by Gasteiger charge is 2.45. The molecule has 8 rings (SSSR count). The summed E-state index contributed by atoms with van der Waals surface area (Å²) in [5, 5.41) is 16.3. The van der Waals surface area contributed by atoms with Gasteiger partial charge in [-0.25, -0.2) is 8.78 Å². The number of piperazine rings is 1. The Morgan fingerprint density at radius 3 is 2.64 bits per heavy atom. The van der Waals surface area contributed by atoms with Crippen LogP contribution >= 0.6 is 0 Å². The molecule has 1 saturated carbocycles. The van der Waals surface area contributed by atoms with Crippen LogP contribution in [0.5, 0.6) is 11.8 Å². The lowest BCUT2D eigenvalue weighted by atomic mass is 9.89. The number of phenols is 1. The average molecular weight is 644 g/mol. The highest BCUT2D eigenvalue weighted by atomic mass is 19.1. The molecule has 4 aromatic rings. The van der Waals surface area contributed by atoms with Gasteiger partial charge in [-0.05, 0) is 97.2 Å². The summed E-state index contributed by atoms with van der Waals surface area (Å²) in [7, 11) is 0. The van der Waals surface area contributed by atoms with Crippen molar-refractivity contribution in [2.45, 2.75) is 64.5 Å². The summed E-state index contributed by atoms with van der Waals surface area (Å²) in [4.78, 5) is 14.4. The predicted octanol–water partition coefficient (Wildman–Crippen LogP) is 6.13. The Balaban J connectivity index is 1.23. The second kappa shape index (κ2) is 12.1. The fraction of sp³-hybridized carbons (Fsp3) is 0.514. The van der Waals surface area contributed by atoms with E-state index in [1.165, 1.54) is 12.1 Å². The second-order valence-corrected chi connectivity index (χ2v) is 14.2. The SMILES string of the molecule is CCc1c(F)ccc2cc(O)cc(-c3c(C)cc4c(N5CC6CCC(C5)N6)nc(OCC5(CN6CCCOCC6)CC5)nc4c3F)c12. The number of aromatic hydroxyl groups is 1. The monoisotopic (exact) mass is 643 g/mol. The van der Waals surface area contributed by atoms with Crippen LogP contribution in [0.25, 0.3) is 32.8 Å². The number of benzene rings is 3. The first kappa shape index (κ1) is 30.7. The summed E-state index contributed by atoms with van der Waals surface area (Å²) in [5.74, 6) is -0.182. The number of halogens is 2. The van der Waals surface area contributed by atoms with Crippen LogP contribution in [-0.4, -0.2) is 84.6 Å². The van der Waals surface area contributed by atoms with Crippen molar-refractivity contribution in [2.75, 3.05) is 57.4 Å². The summed E-state index contributed by atoms with van der Waals surface area (Å²) < 4.78 is 44.3. The van der Waals surface area contributed by atoms with Crippen LogP contribution in [0, 0.1) is 24.0 Å². The zero-order chi connectivity index (χ0) is 32.3. The first-order valence-corrected chi connectivity index (χ1v) is 17.2. The molecule has 2 N–H and O–H groups in total. The topological polar surface area (TPSA) is 83.0 Å². The van der Waals surface area contributed by atoms with E-state index in [1.54, 1.807) is 12.1 Å². The van der Waals surface area contributed by atoms with Crippen LogP contribution in [0.3, 0.4) is 0 Å². The van der Waals surface area contributed by atoms with E-state index < -0.39 is 5.82 Å². The molecule has 0 amide bonds. The molecule has 3 aliphatic heterocycles. The normalized spacial score (nSPS) is 22.6. The number of hydrogen-bond acceptors (Lipinski definition) is 8. The van der Waals surface area contributed by atoms with E-state index in [0.717, 1.165) is 78.0 Å². The third-order valence-electron chi connectivity index (χ3n) is 10.7. The summed E-state index contributed by atoms with van der Waals surface area (Å²) in [6, 6.07) is 9.03. The molecular weight excluding hydrogens is 600 g/mol. The minimum atomic E-state index is -0.518. The third kappa shape index (κ3) is 5.78. The lowest BCUT2D eigenvalue weighted by Gasteiger charge is -2.34. The smallest absolute Gasteiger partial charge is 0.319 e. The molecular formula is C37H43F2N5O3. The minimum Gasteiger partial charge on any atom is -0.508 e. The van der Waals surface area contributed by atoms with Crippen molar-refractivity contribution in [2.24, 2.45) is 5.41 Å². The van der Waals surface area contributed by atoms with E-state index in [9.17, 15) is 5.11 Å². The number of nitrogens with one attached hydrogen (secondary N) is 1. The molecule has 4 fully saturated rings. The van der Waals surface area contributed by atoms with Crippen molar-refractivity contribution in [1.82, 2.24) is 20.2 Å². The van der Waals surface area contributed by atoms with Gasteiger partial charge in [0.05, 0.1) is 13.2 Å². The standard InChI is InChI=1S/C37H43F2N5O3/c1-3-27-30(38)8-5-23-16-26(45)17-28(32(23)27)31-22(2)15-29-34(33(31)39)41-36(42-35(29)44-18-24-6-7-25(19-44)40-24)47-21-37(9-10-37)20-43-11-4-13-46-14-12-43/h5,8,15-17,24-25,40,45H,3-4,6-7,9-14,18-21H2,1-2H3. The molecule has 4 aliphatic rings. The van der Waals surface area contributed by atoms with Crippen molar-refractivity contribution >= 4 is 27.5 Å². The molecule has 47 heavy (non-hydrogen) atoms. The van der Waals surface area contributed by atoms with Gasteiger partial charge in [0.15, 0.2) is 5.82 Å². The molecule has 1 aromatic heterocycles. The molecule has 248 valence electrons. The van der Waals surface area contributed by atoms with Crippen molar-refractivity contribution in [3.8, 4) is 22.9 Å². The van der Waals surface area contributed by atoms with E-state index in [2.05, 4.69) is 15.1 Å². The lowest BCUT2D eigenvalue weighted by Crippen LogP contribution is -2.51. The molecule has 3 saturated heterocycles. The molecule has 0 radical (unpaired) electrons. The number of nitrogens with zero attached hydrogens (tertiary/aromatic N) is 4. The molecule has 2 unspecified atom stereocenters. The molecule has 8 nitrogen and oxygen atoms in total. The Morgan fingerprint density at radius 2 is 1.87 bits per heavy atom. The Bertz CT molecular complexity index is 1830. The number of aromatic nitrogens is 2. The van der Waals surface area contributed by atoms with Crippen molar-refractivity contribution in [3.63, 3.8) is 0 Å². The first-order chi connectivity index (χ1) is 22.8. The predicted molar refractivity (Wildman–Crippen MR) is 179 cm³/mol.